The van der Waals surface area contributed by atoms with Crippen LogP contribution < -0.4 is 10.1 Å². The highest BCUT2D eigenvalue weighted by Crippen LogP contribution is 2.33. The summed E-state index contributed by atoms with van der Waals surface area (Å²) in [5.74, 6) is -1.64. The molecule has 0 unspecified atom stereocenters. The number of esters is 1. The fourth-order valence-electron chi connectivity index (χ4n) is 2.43. The number of nitrogens with one attached hydrogen (secondary N) is 1. The lowest BCUT2D eigenvalue weighted by molar-refractivity contribution is -0.114. The lowest BCUT2D eigenvalue weighted by Crippen LogP contribution is -2.25. The maximum absolute atomic E-state index is 12.6. The molecular weight excluding hydrogens is 392 g/mol. The molecule has 1 N–H and O–H groups in total. The van der Waals surface area contributed by atoms with Gasteiger partial charge in [0.05, 0.1) is 5.56 Å². The average Bonchev–Trinajstić information content (AvgIpc) is 2.87. The first-order chi connectivity index (χ1) is 13.1. The number of ether oxygens (including phenoxy) is 2. The number of Topliss-reactive ketones (excluding diaryl/α,β-unsaturated/α-hetero) is 1. The van der Waals surface area contributed by atoms with Gasteiger partial charge in [0, 0.05) is 17.4 Å². The number of hydrogen-bond donors (Lipinski definition) is 1. The van der Waals surface area contributed by atoms with Gasteiger partial charge in [-0.25, -0.2) is 4.79 Å². The fourth-order valence-corrected chi connectivity index (χ4v) is 3.52. The van der Waals surface area contributed by atoms with Gasteiger partial charge in [-0.1, -0.05) is 0 Å². The highest BCUT2D eigenvalue weighted by atomic mass is 32.1. The van der Waals surface area contributed by atoms with E-state index in [1.165, 1.54) is 49.4 Å². The van der Waals surface area contributed by atoms with Gasteiger partial charge in [-0.2, -0.15) is 8.78 Å². The molecule has 1 amide bonds. The molecule has 0 fully saturated rings. The molecule has 9 heteroatoms. The lowest BCUT2D eigenvalue weighted by Gasteiger charge is -2.14. The van der Waals surface area contributed by atoms with Crippen LogP contribution in [0.4, 0.5) is 13.8 Å². The van der Waals surface area contributed by atoms with E-state index in [1.54, 1.807) is 13.8 Å². The number of aryl methyl sites for hydroxylation is 1. The fraction of sp³-hybridized carbons (Fsp3) is 0.316. The summed E-state index contributed by atoms with van der Waals surface area (Å²) in [5, 5.41) is 2.95. The molecule has 0 spiro atoms. The number of ketones is 1. The Morgan fingerprint density at radius 2 is 1.71 bits per heavy atom. The van der Waals surface area contributed by atoms with Crippen molar-refractivity contribution in [2.75, 3.05) is 5.32 Å². The van der Waals surface area contributed by atoms with Crippen LogP contribution in [0.5, 0.6) is 5.75 Å². The van der Waals surface area contributed by atoms with E-state index in [9.17, 15) is 23.2 Å². The summed E-state index contributed by atoms with van der Waals surface area (Å²) < 4.78 is 33.9. The first-order valence-electron chi connectivity index (χ1n) is 8.27. The zero-order valence-corrected chi connectivity index (χ0v) is 16.5. The third-order valence-corrected chi connectivity index (χ3v) is 5.02. The van der Waals surface area contributed by atoms with Gasteiger partial charge in [-0.3, -0.25) is 9.59 Å². The molecule has 0 bridgehead atoms. The van der Waals surface area contributed by atoms with Crippen molar-refractivity contribution in [2.45, 2.75) is 40.4 Å². The first-order valence-corrected chi connectivity index (χ1v) is 9.09. The minimum Gasteiger partial charge on any atom is -0.451 e. The molecule has 1 heterocycles. The molecule has 2 rings (SSSR count). The van der Waals surface area contributed by atoms with Gasteiger partial charge < -0.3 is 14.8 Å². The molecule has 0 saturated heterocycles. The Kier molecular flexibility index (Phi) is 6.85. The number of anilines is 1. The minimum absolute atomic E-state index is 0.0829. The van der Waals surface area contributed by atoms with Crippen molar-refractivity contribution in [3.05, 3.63) is 45.8 Å². The van der Waals surface area contributed by atoms with Crippen molar-refractivity contribution in [2.24, 2.45) is 0 Å². The number of carbonyl (C=O) groups excluding carboxylic acids is 3. The van der Waals surface area contributed by atoms with Crippen LogP contribution in [0.2, 0.25) is 0 Å². The highest BCUT2D eigenvalue weighted by Gasteiger charge is 2.26. The molecule has 0 saturated carbocycles. The van der Waals surface area contributed by atoms with E-state index < -0.39 is 24.5 Å². The number of rotatable bonds is 7. The Bertz CT molecular complexity index is 892. The largest absolute Gasteiger partial charge is 0.451 e. The standard InChI is InChI=1S/C19H19F2NO5S/c1-9-11(3)28-17(22-12(4)23)15(9)18(25)26-10(2)16(24)13-5-7-14(8-6-13)27-19(20)21/h5-8,10,19H,1-4H3,(H,22,23)/t10-/m1/s1. The molecule has 150 valence electrons. The number of alkyl halides is 2. The Labute approximate surface area is 164 Å². The van der Waals surface area contributed by atoms with Gasteiger partial charge in [0.25, 0.3) is 0 Å². The molecule has 1 atom stereocenters. The molecule has 6 nitrogen and oxygen atoms in total. The summed E-state index contributed by atoms with van der Waals surface area (Å²) in [5.41, 5.74) is 1.05. The molecule has 0 aliphatic heterocycles. The quantitative estimate of drug-likeness (QED) is 0.541. The van der Waals surface area contributed by atoms with Gasteiger partial charge in [0.2, 0.25) is 11.7 Å². The second kappa shape index (κ2) is 8.92. The van der Waals surface area contributed by atoms with Gasteiger partial charge in [0.15, 0.2) is 6.10 Å². The zero-order chi connectivity index (χ0) is 21.0. The summed E-state index contributed by atoms with van der Waals surface area (Å²) in [4.78, 5) is 37.2. The zero-order valence-electron chi connectivity index (χ0n) is 15.7. The Hall–Kier alpha value is -2.81. The van der Waals surface area contributed by atoms with Gasteiger partial charge in [-0.05, 0) is 50.6 Å². The van der Waals surface area contributed by atoms with Crippen LogP contribution in [-0.4, -0.2) is 30.4 Å². The monoisotopic (exact) mass is 411 g/mol. The lowest BCUT2D eigenvalue weighted by atomic mass is 10.1. The number of amides is 1. The number of thiophene rings is 1. The van der Waals surface area contributed by atoms with Crippen LogP contribution in [0.1, 0.15) is 45.0 Å². The van der Waals surface area contributed by atoms with Crippen LogP contribution in [0.3, 0.4) is 0 Å². The topological polar surface area (TPSA) is 81.7 Å². The molecular formula is C19H19F2NO5S. The van der Waals surface area contributed by atoms with E-state index in [0.29, 0.717) is 10.6 Å². The van der Waals surface area contributed by atoms with Crippen LogP contribution in [0, 0.1) is 13.8 Å². The number of halogens is 2. The predicted molar refractivity (Wildman–Crippen MR) is 100 cm³/mol. The van der Waals surface area contributed by atoms with Crippen molar-refractivity contribution in [3.63, 3.8) is 0 Å². The normalized spacial score (nSPS) is 11.8. The van der Waals surface area contributed by atoms with E-state index in [-0.39, 0.29) is 22.8 Å². The molecule has 0 radical (unpaired) electrons. The molecule has 28 heavy (non-hydrogen) atoms. The Morgan fingerprint density at radius 1 is 1.11 bits per heavy atom. The van der Waals surface area contributed by atoms with Crippen LogP contribution in [0.25, 0.3) is 0 Å². The third kappa shape index (κ3) is 5.13. The number of benzene rings is 1. The SMILES string of the molecule is CC(=O)Nc1sc(C)c(C)c1C(=O)O[C@H](C)C(=O)c1ccc(OC(F)F)cc1. The molecule has 1 aromatic carbocycles. The van der Waals surface area contributed by atoms with Crippen LogP contribution in [-0.2, 0) is 9.53 Å². The number of carbonyl (C=O) groups is 3. The summed E-state index contributed by atoms with van der Waals surface area (Å²) >= 11 is 1.24. The van der Waals surface area contributed by atoms with E-state index in [2.05, 4.69) is 10.1 Å². The smallest absolute Gasteiger partial charge is 0.387 e. The van der Waals surface area contributed by atoms with Gasteiger partial charge >= 0.3 is 12.6 Å². The van der Waals surface area contributed by atoms with Crippen molar-refractivity contribution in [1.29, 1.82) is 0 Å². The van der Waals surface area contributed by atoms with Crippen molar-refractivity contribution < 1.29 is 32.6 Å². The van der Waals surface area contributed by atoms with E-state index in [4.69, 9.17) is 4.74 Å². The van der Waals surface area contributed by atoms with Crippen LogP contribution >= 0.6 is 11.3 Å². The maximum Gasteiger partial charge on any atom is 0.387 e. The number of hydrogen-bond acceptors (Lipinski definition) is 6. The molecule has 1 aromatic heterocycles. The summed E-state index contributed by atoms with van der Waals surface area (Å²) in [6.45, 7) is 3.31. The predicted octanol–water partition coefficient (Wildman–Crippen LogP) is 4.35. The van der Waals surface area contributed by atoms with Crippen molar-refractivity contribution in [1.82, 2.24) is 0 Å². The summed E-state index contributed by atoms with van der Waals surface area (Å²) in [6.07, 6.45) is -1.11. The second-order valence-corrected chi connectivity index (χ2v) is 7.21. The van der Waals surface area contributed by atoms with Gasteiger partial charge in [0.1, 0.15) is 10.8 Å². The third-order valence-electron chi connectivity index (χ3n) is 3.90. The van der Waals surface area contributed by atoms with E-state index in [0.717, 1.165) is 4.88 Å². The maximum atomic E-state index is 12.6. The van der Waals surface area contributed by atoms with E-state index in [1.807, 2.05) is 0 Å². The van der Waals surface area contributed by atoms with Crippen molar-refractivity contribution >= 4 is 34.0 Å². The first kappa shape index (κ1) is 21.5. The Morgan fingerprint density at radius 3 is 2.25 bits per heavy atom. The molecule has 2 aromatic rings. The summed E-state index contributed by atoms with van der Waals surface area (Å²) in [7, 11) is 0. The minimum atomic E-state index is -2.96. The second-order valence-electron chi connectivity index (χ2n) is 5.98. The Balaban J connectivity index is 2.14. The van der Waals surface area contributed by atoms with E-state index >= 15 is 0 Å². The molecule has 0 aliphatic carbocycles. The summed E-state index contributed by atoms with van der Waals surface area (Å²) in [6, 6.07) is 5.09. The highest BCUT2D eigenvalue weighted by molar-refractivity contribution is 7.16. The van der Waals surface area contributed by atoms with Crippen LogP contribution in [0.15, 0.2) is 24.3 Å². The van der Waals surface area contributed by atoms with Crippen molar-refractivity contribution in [3.8, 4) is 5.75 Å². The average molecular weight is 411 g/mol. The van der Waals surface area contributed by atoms with Gasteiger partial charge in [-0.15, -0.1) is 11.3 Å². The molecule has 0 aliphatic rings.